The highest BCUT2D eigenvalue weighted by atomic mass is 16.5. The van der Waals surface area contributed by atoms with Crippen LogP contribution < -0.4 is 15.4 Å². The highest BCUT2D eigenvalue weighted by molar-refractivity contribution is 5.66. The lowest BCUT2D eigenvalue weighted by Crippen LogP contribution is -2.13. The van der Waals surface area contributed by atoms with Crippen LogP contribution >= 0.6 is 0 Å². The molecule has 1 aromatic carbocycles. The normalized spacial score (nSPS) is 10.2. The van der Waals surface area contributed by atoms with Crippen molar-refractivity contribution in [3.63, 3.8) is 0 Å². The molecule has 4 heteroatoms. The summed E-state index contributed by atoms with van der Waals surface area (Å²) in [7, 11) is 3.67. The maximum absolute atomic E-state index is 5.73. The van der Waals surface area contributed by atoms with Crippen LogP contribution in [0.2, 0.25) is 0 Å². The molecule has 0 fully saturated rings. The summed E-state index contributed by atoms with van der Waals surface area (Å²) in [5.41, 5.74) is 8.86. The predicted molar refractivity (Wildman–Crippen MR) is 73.2 cm³/mol. The number of aromatic nitrogens is 1. The smallest absolute Gasteiger partial charge is 0.120 e. The Morgan fingerprint density at radius 1 is 1.33 bits per heavy atom. The van der Waals surface area contributed by atoms with Gasteiger partial charge in [-0.15, -0.1) is 0 Å². The Labute approximate surface area is 107 Å². The molecule has 0 spiro atoms. The quantitative estimate of drug-likeness (QED) is 0.895. The molecular formula is C14H17N3O. The first kappa shape index (κ1) is 12.4. The molecule has 0 amide bonds. The number of pyridine rings is 1. The maximum Gasteiger partial charge on any atom is 0.120 e. The van der Waals surface area contributed by atoms with Crippen LogP contribution in [0.4, 0.5) is 11.4 Å². The highest BCUT2D eigenvalue weighted by Crippen LogP contribution is 2.28. The lowest BCUT2D eigenvalue weighted by molar-refractivity contribution is 0.415. The van der Waals surface area contributed by atoms with E-state index in [-0.39, 0.29) is 0 Å². The largest absolute Gasteiger partial charge is 0.497 e. The summed E-state index contributed by atoms with van der Waals surface area (Å²) in [6.45, 7) is 0.470. The van der Waals surface area contributed by atoms with E-state index >= 15 is 0 Å². The van der Waals surface area contributed by atoms with Gasteiger partial charge < -0.3 is 15.4 Å². The van der Waals surface area contributed by atoms with E-state index in [1.54, 1.807) is 19.5 Å². The second-order valence-electron chi connectivity index (χ2n) is 3.97. The standard InChI is InChI=1S/C14H17N3O/c1-17(12-4-3-5-13(8-12)18-2)14-6-7-16-10-11(14)9-15/h3-8,10H,9,15H2,1-2H3. The molecule has 1 heterocycles. The summed E-state index contributed by atoms with van der Waals surface area (Å²) in [4.78, 5) is 6.17. The molecule has 0 saturated carbocycles. The minimum atomic E-state index is 0.470. The fraction of sp³-hybridized carbons (Fsp3) is 0.214. The minimum Gasteiger partial charge on any atom is -0.497 e. The van der Waals surface area contributed by atoms with E-state index in [0.717, 1.165) is 22.7 Å². The van der Waals surface area contributed by atoms with Crippen molar-refractivity contribution in [1.29, 1.82) is 0 Å². The number of rotatable bonds is 4. The SMILES string of the molecule is COc1cccc(N(C)c2ccncc2CN)c1. The predicted octanol–water partition coefficient (Wildman–Crippen LogP) is 2.32. The van der Waals surface area contributed by atoms with Gasteiger partial charge in [-0.1, -0.05) is 6.07 Å². The van der Waals surface area contributed by atoms with Crippen molar-refractivity contribution in [3.05, 3.63) is 48.3 Å². The molecule has 0 radical (unpaired) electrons. The van der Waals surface area contributed by atoms with Crippen molar-refractivity contribution in [2.45, 2.75) is 6.54 Å². The van der Waals surface area contributed by atoms with Gasteiger partial charge in [-0.25, -0.2) is 0 Å². The molecule has 2 aromatic rings. The Kier molecular flexibility index (Phi) is 3.79. The first-order valence-corrected chi connectivity index (χ1v) is 5.77. The Bertz CT molecular complexity index is 528. The molecule has 0 unspecified atom stereocenters. The lowest BCUT2D eigenvalue weighted by atomic mass is 10.2. The molecule has 2 rings (SSSR count). The van der Waals surface area contributed by atoms with Crippen LogP contribution in [0.25, 0.3) is 0 Å². The molecule has 0 aliphatic heterocycles. The summed E-state index contributed by atoms with van der Waals surface area (Å²) in [6, 6.07) is 9.87. The van der Waals surface area contributed by atoms with Gasteiger partial charge in [-0.3, -0.25) is 4.98 Å². The zero-order valence-corrected chi connectivity index (χ0v) is 10.6. The fourth-order valence-electron chi connectivity index (χ4n) is 1.86. The number of nitrogens with zero attached hydrogens (tertiary/aromatic N) is 2. The van der Waals surface area contributed by atoms with Gasteiger partial charge in [-0.2, -0.15) is 0 Å². The molecule has 2 N–H and O–H groups in total. The molecule has 18 heavy (non-hydrogen) atoms. The van der Waals surface area contributed by atoms with Gasteiger partial charge >= 0.3 is 0 Å². The number of nitrogens with two attached hydrogens (primary N) is 1. The highest BCUT2D eigenvalue weighted by Gasteiger charge is 2.08. The molecule has 1 aromatic heterocycles. The summed E-state index contributed by atoms with van der Waals surface area (Å²) < 4.78 is 5.23. The van der Waals surface area contributed by atoms with Crippen LogP contribution in [0.1, 0.15) is 5.56 Å². The number of hydrogen-bond acceptors (Lipinski definition) is 4. The summed E-state index contributed by atoms with van der Waals surface area (Å²) in [5.74, 6) is 0.836. The van der Waals surface area contributed by atoms with Gasteiger partial charge in [0.25, 0.3) is 0 Å². The van der Waals surface area contributed by atoms with Gasteiger partial charge in [0.2, 0.25) is 0 Å². The van der Waals surface area contributed by atoms with Gasteiger partial charge in [0.05, 0.1) is 7.11 Å². The van der Waals surface area contributed by atoms with Crippen LogP contribution in [-0.2, 0) is 6.54 Å². The van der Waals surface area contributed by atoms with E-state index in [2.05, 4.69) is 9.88 Å². The Balaban J connectivity index is 2.37. The molecule has 0 atom stereocenters. The van der Waals surface area contributed by atoms with Gasteiger partial charge in [0, 0.05) is 49.0 Å². The van der Waals surface area contributed by atoms with Crippen molar-refractivity contribution in [2.75, 3.05) is 19.1 Å². The zero-order chi connectivity index (χ0) is 13.0. The van der Waals surface area contributed by atoms with Gasteiger partial charge in [0.15, 0.2) is 0 Å². The fourth-order valence-corrected chi connectivity index (χ4v) is 1.86. The monoisotopic (exact) mass is 243 g/mol. The third-order valence-corrected chi connectivity index (χ3v) is 2.90. The van der Waals surface area contributed by atoms with E-state index < -0.39 is 0 Å². The van der Waals surface area contributed by atoms with Gasteiger partial charge in [-0.05, 0) is 18.2 Å². The van der Waals surface area contributed by atoms with Crippen molar-refractivity contribution in [2.24, 2.45) is 5.73 Å². The molecule has 94 valence electrons. The summed E-state index contributed by atoms with van der Waals surface area (Å²) in [6.07, 6.45) is 3.57. The molecule has 0 aliphatic rings. The average Bonchev–Trinajstić information content (AvgIpc) is 2.46. The van der Waals surface area contributed by atoms with Gasteiger partial charge in [0.1, 0.15) is 5.75 Å². The molecule has 0 bridgehead atoms. The third-order valence-electron chi connectivity index (χ3n) is 2.90. The van der Waals surface area contributed by atoms with E-state index in [4.69, 9.17) is 10.5 Å². The van der Waals surface area contributed by atoms with Crippen molar-refractivity contribution < 1.29 is 4.74 Å². The van der Waals surface area contributed by atoms with Crippen molar-refractivity contribution in [1.82, 2.24) is 4.98 Å². The molecule has 0 aliphatic carbocycles. The number of anilines is 2. The zero-order valence-electron chi connectivity index (χ0n) is 10.6. The topological polar surface area (TPSA) is 51.4 Å². The Hall–Kier alpha value is -2.07. The minimum absolute atomic E-state index is 0.470. The number of hydrogen-bond donors (Lipinski definition) is 1. The van der Waals surface area contributed by atoms with Crippen LogP contribution in [0.15, 0.2) is 42.7 Å². The van der Waals surface area contributed by atoms with Crippen LogP contribution in [0.3, 0.4) is 0 Å². The maximum atomic E-state index is 5.73. The first-order valence-electron chi connectivity index (χ1n) is 5.77. The molecule has 4 nitrogen and oxygen atoms in total. The average molecular weight is 243 g/mol. The molecule has 0 saturated heterocycles. The Morgan fingerprint density at radius 2 is 2.17 bits per heavy atom. The number of benzene rings is 1. The first-order chi connectivity index (χ1) is 8.76. The van der Waals surface area contributed by atoms with Crippen LogP contribution in [0.5, 0.6) is 5.75 Å². The number of methoxy groups -OCH3 is 1. The molecular weight excluding hydrogens is 226 g/mol. The summed E-state index contributed by atoms with van der Waals surface area (Å²) >= 11 is 0. The van der Waals surface area contributed by atoms with Crippen LogP contribution in [-0.4, -0.2) is 19.1 Å². The lowest BCUT2D eigenvalue weighted by Gasteiger charge is -2.22. The van der Waals surface area contributed by atoms with E-state index in [1.807, 2.05) is 37.4 Å². The van der Waals surface area contributed by atoms with E-state index in [1.165, 1.54) is 0 Å². The Morgan fingerprint density at radius 3 is 2.89 bits per heavy atom. The summed E-state index contributed by atoms with van der Waals surface area (Å²) in [5, 5.41) is 0. The number of ether oxygens (including phenoxy) is 1. The third kappa shape index (κ3) is 2.43. The second-order valence-corrected chi connectivity index (χ2v) is 3.97. The van der Waals surface area contributed by atoms with Crippen molar-refractivity contribution >= 4 is 11.4 Å². The van der Waals surface area contributed by atoms with E-state index in [0.29, 0.717) is 6.54 Å². The second kappa shape index (κ2) is 5.51. The van der Waals surface area contributed by atoms with E-state index in [9.17, 15) is 0 Å². The van der Waals surface area contributed by atoms with Crippen LogP contribution in [0, 0.1) is 0 Å². The van der Waals surface area contributed by atoms with Crippen molar-refractivity contribution in [3.8, 4) is 5.75 Å².